The number of fused-ring (bicyclic) bond motifs is 1. The topological polar surface area (TPSA) is 38.8 Å². The van der Waals surface area contributed by atoms with Crippen LogP contribution in [0.5, 0.6) is 5.75 Å². The van der Waals surface area contributed by atoms with Gasteiger partial charge in [0.15, 0.2) is 0 Å². The van der Waals surface area contributed by atoms with Crippen LogP contribution in [0.15, 0.2) is 48.5 Å². The summed E-state index contributed by atoms with van der Waals surface area (Å²) in [5.74, 6) is 0.289. The maximum atomic E-state index is 13.3. The fourth-order valence-corrected chi connectivity index (χ4v) is 3.42. The number of amides is 1. The molecular formula is C19H18FNO3. The number of halogens is 1. The van der Waals surface area contributed by atoms with E-state index in [1.807, 2.05) is 30.3 Å². The number of carbonyl (C=O) groups excluding carboxylic acids is 1. The quantitative estimate of drug-likeness (QED) is 0.847. The first-order chi connectivity index (χ1) is 11.6. The van der Waals surface area contributed by atoms with Crippen molar-refractivity contribution in [2.75, 3.05) is 13.1 Å². The molecule has 0 bridgehead atoms. The molecule has 5 heteroatoms. The van der Waals surface area contributed by atoms with Crippen LogP contribution in [0.2, 0.25) is 0 Å². The van der Waals surface area contributed by atoms with Crippen LogP contribution in [0.3, 0.4) is 0 Å². The summed E-state index contributed by atoms with van der Waals surface area (Å²) >= 11 is 0. The van der Waals surface area contributed by atoms with Gasteiger partial charge >= 0.3 is 6.09 Å². The second-order valence-corrected chi connectivity index (χ2v) is 6.43. The molecule has 0 aliphatic carbocycles. The van der Waals surface area contributed by atoms with Crippen LogP contribution in [0.4, 0.5) is 9.18 Å². The fourth-order valence-electron chi connectivity index (χ4n) is 3.42. The number of ether oxygens (including phenoxy) is 2. The van der Waals surface area contributed by atoms with Crippen molar-refractivity contribution in [3.05, 3.63) is 65.5 Å². The van der Waals surface area contributed by atoms with Crippen molar-refractivity contribution in [3.63, 3.8) is 0 Å². The molecule has 0 N–H and O–H groups in total. The van der Waals surface area contributed by atoms with Gasteiger partial charge in [0, 0.05) is 25.5 Å². The van der Waals surface area contributed by atoms with E-state index < -0.39 is 5.60 Å². The molecule has 0 saturated carbocycles. The highest BCUT2D eigenvalue weighted by molar-refractivity contribution is 5.68. The molecule has 0 aromatic heterocycles. The average molecular weight is 327 g/mol. The molecule has 1 spiro atoms. The third-order valence-electron chi connectivity index (χ3n) is 4.65. The average Bonchev–Trinajstić information content (AvgIpc) is 3.16. The van der Waals surface area contributed by atoms with Crippen LogP contribution >= 0.6 is 0 Å². The molecular weight excluding hydrogens is 309 g/mol. The Morgan fingerprint density at radius 1 is 1.25 bits per heavy atom. The van der Waals surface area contributed by atoms with Crippen molar-refractivity contribution >= 4 is 6.09 Å². The summed E-state index contributed by atoms with van der Waals surface area (Å²) in [7, 11) is 0. The number of likely N-dealkylation sites (tertiary alicyclic amines) is 1. The molecule has 2 aliphatic rings. The third kappa shape index (κ3) is 2.82. The molecule has 1 fully saturated rings. The van der Waals surface area contributed by atoms with E-state index in [0.29, 0.717) is 25.3 Å². The van der Waals surface area contributed by atoms with Gasteiger partial charge in [-0.15, -0.1) is 0 Å². The maximum Gasteiger partial charge on any atom is 0.410 e. The monoisotopic (exact) mass is 327 g/mol. The van der Waals surface area contributed by atoms with Gasteiger partial charge in [-0.2, -0.15) is 0 Å². The molecule has 124 valence electrons. The Hall–Kier alpha value is -2.56. The number of carbonyl (C=O) groups is 1. The Morgan fingerprint density at radius 2 is 2.08 bits per heavy atom. The minimum absolute atomic E-state index is 0.259. The Labute approximate surface area is 139 Å². The minimum Gasteiger partial charge on any atom is -0.485 e. The molecule has 2 heterocycles. The molecule has 2 aromatic carbocycles. The van der Waals surface area contributed by atoms with Crippen LogP contribution in [0.1, 0.15) is 17.5 Å². The highest BCUT2D eigenvalue weighted by Gasteiger charge is 2.46. The van der Waals surface area contributed by atoms with Crippen LogP contribution in [0.25, 0.3) is 0 Å². The van der Waals surface area contributed by atoms with Crippen molar-refractivity contribution in [2.24, 2.45) is 0 Å². The van der Waals surface area contributed by atoms with Crippen molar-refractivity contribution in [2.45, 2.75) is 25.0 Å². The Morgan fingerprint density at radius 3 is 2.92 bits per heavy atom. The molecule has 2 aromatic rings. The van der Waals surface area contributed by atoms with E-state index in [4.69, 9.17) is 9.47 Å². The lowest BCUT2D eigenvalue weighted by molar-refractivity contribution is 0.0788. The maximum absolute atomic E-state index is 13.3. The highest BCUT2D eigenvalue weighted by atomic mass is 19.1. The smallest absolute Gasteiger partial charge is 0.410 e. The van der Waals surface area contributed by atoms with Gasteiger partial charge in [0.05, 0.1) is 6.54 Å². The molecule has 1 atom stereocenters. The SMILES string of the molecule is O=C(OCc1ccccc1)N1CCC2(Cc3ccc(F)cc3O2)C1. The molecule has 1 amide bonds. The first kappa shape index (κ1) is 15.0. The van der Waals surface area contributed by atoms with Gasteiger partial charge in [0.1, 0.15) is 23.8 Å². The van der Waals surface area contributed by atoms with Gasteiger partial charge in [-0.25, -0.2) is 9.18 Å². The van der Waals surface area contributed by atoms with E-state index in [0.717, 1.165) is 17.5 Å². The molecule has 4 nitrogen and oxygen atoms in total. The number of hydrogen-bond donors (Lipinski definition) is 0. The molecule has 24 heavy (non-hydrogen) atoms. The summed E-state index contributed by atoms with van der Waals surface area (Å²) < 4.78 is 24.7. The van der Waals surface area contributed by atoms with Gasteiger partial charge in [-0.05, 0) is 17.2 Å². The summed E-state index contributed by atoms with van der Waals surface area (Å²) in [6.45, 7) is 1.32. The van der Waals surface area contributed by atoms with E-state index in [1.54, 1.807) is 11.0 Å². The van der Waals surface area contributed by atoms with E-state index in [9.17, 15) is 9.18 Å². The van der Waals surface area contributed by atoms with E-state index >= 15 is 0 Å². The minimum atomic E-state index is -0.443. The molecule has 4 rings (SSSR count). The third-order valence-corrected chi connectivity index (χ3v) is 4.65. The molecule has 2 aliphatic heterocycles. The summed E-state index contributed by atoms with van der Waals surface area (Å²) in [5.41, 5.74) is 1.51. The van der Waals surface area contributed by atoms with E-state index in [-0.39, 0.29) is 18.5 Å². The van der Waals surface area contributed by atoms with Gasteiger partial charge in [0.25, 0.3) is 0 Å². The fraction of sp³-hybridized carbons (Fsp3) is 0.316. The second kappa shape index (κ2) is 5.82. The second-order valence-electron chi connectivity index (χ2n) is 6.43. The number of benzene rings is 2. The van der Waals surface area contributed by atoms with Crippen LogP contribution in [-0.4, -0.2) is 29.7 Å². The van der Waals surface area contributed by atoms with Crippen molar-refractivity contribution < 1.29 is 18.7 Å². The zero-order valence-corrected chi connectivity index (χ0v) is 13.2. The van der Waals surface area contributed by atoms with Crippen molar-refractivity contribution in [1.29, 1.82) is 0 Å². The number of hydrogen-bond acceptors (Lipinski definition) is 3. The highest BCUT2D eigenvalue weighted by Crippen LogP contribution is 2.40. The molecule has 1 unspecified atom stereocenters. The first-order valence-electron chi connectivity index (χ1n) is 8.07. The zero-order chi connectivity index (χ0) is 16.6. The predicted octanol–water partition coefficient (Wildman–Crippen LogP) is 3.54. The lowest BCUT2D eigenvalue weighted by Crippen LogP contribution is -2.39. The Kier molecular flexibility index (Phi) is 3.63. The van der Waals surface area contributed by atoms with Gasteiger partial charge in [-0.3, -0.25) is 0 Å². The van der Waals surface area contributed by atoms with Crippen LogP contribution < -0.4 is 4.74 Å². The van der Waals surface area contributed by atoms with Gasteiger partial charge < -0.3 is 14.4 Å². The zero-order valence-electron chi connectivity index (χ0n) is 13.2. The van der Waals surface area contributed by atoms with Crippen LogP contribution in [-0.2, 0) is 17.8 Å². The Balaban J connectivity index is 1.37. The lowest BCUT2D eigenvalue weighted by Gasteiger charge is -2.23. The number of rotatable bonds is 2. The van der Waals surface area contributed by atoms with Crippen LogP contribution in [0, 0.1) is 5.82 Å². The van der Waals surface area contributed by atoms with Gasteiger partial charge in [-0.1, -0.05) is 36.4 Å². The molecule has 0 radical (unpaired) electrons. The largest absolute Gasteiger partial charge is 0.485 e. The Bertz CT molecular complexity index is 764. The van der Waals surface area contributed by atoms with Gasteiger partial charge in [0.2, 0.25) is 0 Å². The summed E-state index contributed by atoms with van der Waals surface area (Å²) in [5, 5.41) is 0. The van der Waals surface area contributed by atoms with Crippen molar-refractivity contribution in [1.82, 2.24) is 4.90 Å². The summed E-state index contributed by atoms with van der Waals surface area (Å²) in [6, 6.07) is 14.2. The standard InChI is InChI=1S/C19H18FNO3/c20-16-7-6-15-11-19(24-17(15)10-16)8-9-21(13-19)18(22)23-12-14-4-2-1-3-5-14/h1-7,10H,8-9,11-13H2. The summed E-state index contributed by atoms with van der Waals surface area (Å²) in [4.78, 5) is 13.9. The van der Waals surface area contributed by atoms with E-state index in [2.05, 4.69) is 0 Å². The molecule has 1 saturated heterocycles. The van der Waals surface area contributed by atoms with Crippen molar-refractivity contribution in [3.8, 4) is 5.75 Å². The number of nitrogens with zero attached hydrogens (tertiary/aromatic N) is 1. The van der Waals surface area contributed by atoms with E-state index in [1.165, 1.54) is 12.1 Å². The first-order valence-corrected chi connectivity index (χ1v) is 8.07. The summed E-state index contributed by atoms with van der Waals surface area (Å²) in [6.07, 6.45) is 1.09. The lowest BCUT2D eigenvalue weighted by atomic mass is 9.96. The predicted molar refractivity (Wildman–Crippen MR) is 86.3 cm³/mol. The normalized spacial score (nSPS) is 21.6.